The Kier molecular flexibility index (Phi) is 4.37. The third-order valence-electron chi connectivity index (χ3n) is 4.02. The first-order valence-electron chi connectivity index (χ1n) is 6.72. The molecule has 6 heteroatoms. The SMILES string of the molecule is Cc1cccc(C2(C(=N)N(C)C=N)CC(OC(F)F)C2)c1. The second-order valence-corrected chi connectivity index (χ2v) is 5.47. The first-order valence-corrected chi connectivity index (χ1v) is 6.72. The first-order chi connectivity index (χ1) is 9.89. The van der Waals surface area contributed by atoms with Crippen LogP contribution in [0, 0.1) is 17.7 Å². The highest BCUT2D eigenvalue weighted by Gasteiger charge is 2.51. The van der Waals surface area contributed by atoms with E-state index in [1.807, 2.05) is 31.2 Å². The number of aryl methyl sites for hydroxylation is 1. The number of rotatable bonds is 5. The van der Waals surface area contributed by atoms with Crippen molar-refractivity contribution in [1.29, 1.82) is 10.8 Å². The number of likely N-dealkylation sites (N-methyl/N-ethyl adjacent to an activating group) is 1. The van der Waals surface area contributed by atoms with Gasteiger partial charge in [0.15, 0.2) is 0 Å². The molecule has 1 saturated carbocycles. The third-order valence-corrected chi connectivity index (χ3v) is 4.02. The van der Waals surface area contributed by atoms with E-state index in [1.165, 1.54) is 4.90 Å². The minimum Gasteiger partial charge on any atom is -0.324 e. The highest BCUT2D eigenvalue weighted by atomic mass is 19.3. The lowest BCUT2D eigenvalue weighted by molar-refractivity contribution is -0.190. The summed E-state index contributed by atoms with van der Waals surface area (Å²) in [6, 6.07) is 7.71. The fourth-order valence-corrected chi connectivity index (χ4v) is 2.87. The van der Waals surface area contributed by atoms with Crippen molar-refractivity contribution >= 4 is 12.2 Å². The minimum absolute atomic E-state index is 0.234. The van der Waals surface area contributed by atoms with Gasteiger partial charge in [0.1, 0.15) is 5.84 Å². The number of hydrogen-bond acceptors (Lipinski definition) is 3. The molecule has 1 aromatic carbocycles. The average Bonchev–Trinajstić information content (AvgIpc) is 2.40. The number of hydrogen-bond donors (Lipinski definition) is 2. The molecule has 1 aliphatic carbocycles. The van der Waals surface area contributed by atoms with Crippen LogP contribution in [0.15, 0.2) is 24.3 Å². The summed E-state index contributed by atoms with van der Waals surface area (Å²) in [6.07, 6.45) is 1.17. The highest BCUT2D eigenvalue weighted by molar-refractivity contribution is 5.98. The highest BCUT2D eigenvalue weighted by Crippen LogP contribution is 2.47. The Morgan fingerprint density at radius 2 is 2.14 bits per heavy atom. The van der Waals surface area contributed by atoms with Gasteiger partial charge in [-0.05, 0) is 25.3 Å². The normalized spacial score (nSPS) is 24.5. The van der Waals surface area contributed by atoms with E-state index in [-0.39, 0.29) is 5.84 Å². The van der Waals surface area contributed by atoms with Crippen molar-refractivity contribution in [1.82, 2.24) is 4.90 Å². The molecule has 0 aromatic heterocycles. The van der Waals surface area contributed by atoms with Crippen LogP contribution < -0.4 is 0 Å². The molecule has 114 valence electrons. The summed E-state index contributed by atoms with van der Waals surface area (Å²) in [5.41, 5.74) is 1.31. The second kappa shape index (κ2) is 5.89. The summed E-state index contributed by atoms with van der Waals surface area (Å²) in [6.45, 7) is -0.840. The zero-order chi connectivity index (χ0) is 15.6. The number of ether oxygens (including phenoxy) is 1. The number of nitrogens with zero attached hydrogens (tertiary/aromatic N) is 1. The van der Waals surface area contributed by atoms with E-state index in [4.69, 9.17) is 10.8 Å². The van der Waals surface area contributed by atoms with E-state index in [1.54, 1.807) is 7.05 Å². The van der Waals surface area contributed by atoms with E-state index in [2.05, 4.69) is 4.74 Å². The molecule has 21 heavy (non-hydrogen) atoms. The van der Waals surface area contributed by atoms with Crippen molar-refractivity contribution in [3.63, 3.8) is 0 Å². The summed E-state index contributed by atoms with van der Waals surface area (Å²) < 4.78 is 29.2. The molecule has 1 aromatic rings. The van der Waals surface area contributed by atoms with Crippen molar-refractivity contribution in [3.05, 3.63) is 35.4 Å². The lowest BCUT2D eigenvalue weighted by Crippen LogP contribution is -2.56. The third kappa shape index (κ3) is 2.95. The predicted molar refractivity (Wildman–Crippen MR) is 77.2 cm³/mol. The monoisotopic (exact) mass is 295 g/mol. The largest absolute Gasteiger partial charge is 0.345 e. The van der Waals surface area contributed by atoms with E-state index in [9.17, 15) is 8.78 Å². The molecular weight excluding hydrogens is 276 g/mol. The number of benzene rings is 1. The van der Waals surface area contributed by atoms with Crippen LogP contribution in [0.3, 0.4) is 0 Å². The van der Waals surface area contributed by atoms with Gasteiger partial charge in [0.25, 0.3) is 0 Å². The second-order valence-electron chi connectivity index (χ2n) is 5.47. The van der Waals surface area contributed by atoms with Gasteiger partial charge < -0.3 is 9.64 Å². The van der Waals surface area contributed by atoms with E-state index < -0.39 is 18.1 Å². The molecule has 2 N–H and O–H groups in total. The van der Waals surface area contributed by atoms with Gasteiger partial charge in [-0.25, -0.2) is 0 Å². The van der Waals surface area contributed by atoms with Crippen LogP contribution in [-0.2, 0) is 10.2 Å². The van der Waals surface area contributed by atoms with Gasteiger partial charge in [0.05, 0.1) is 17.9 Å². The Hall–Kier alpha value is -1.82. The molecule has 0 bridgehead atoms. The van der Waals surface area contributed by atoms with Crippen molar-refractivity contribution in [2.75, 3.05) is 7.05 Å². The molecule has 0 aliphatic heterocycles. The van der Waals surface area contributed by atoms with E-state index >= 15 is 0 Å². The molecule has 4 nitrogen and oxygen atoms in total. The van der Waals surface area contributed by atoms with Crippen LogP contribution in [0.2, 0.25) is 0 Å². The molecule has 1 aliphatic rings. The van der Waals surface area contributed by atoms with Gasteiger partial charge in [-0.1, -0.05) is 29.8 Å². The van der Waals surface area contributed by atoms with E-state index in [0.29, 0.717) is 12.8 Å². The summed E-state index contributed by atoms with van der Waals surface area (Å²) in [7, 11) is 1.62. The van der Waals surface area contributed by atoms with Crippen LogP contribution in [0.5, 0.6) is 0 Å². The van der Waals surface area contributed by atoms with Gasteiger partial charge in [-0.15, -0.1) is 0 Å². The van der Waals surface area contributed by atoms with Crippen LogP contribution in [-0.4, -0.2) is 36.8 Å². The quantitative estimate of drug-likeness (QED) is 0.647. The zero-order valence-electron chi connectivity index (χ0n) is 12.1. The van der Waals surface area contributed by atoms with Gasteiger partial charge in [0, 0.05) is 7.05 Å². The van der Waals surface area contributed by atoms with Crippen LogP contribution in [0.1, 0.15) is 24.0 Å². The molecule has 0 heterocycles. The fraction of sp³-hybridized carbons (Fsp3) is 0.467. The molecular formula is C15H19F2N3O. The Morgan fingerprint density at radius 3 is 2.67 bits per heavy atom. The Balaban J connectivity index is 2.29. The lowest BCUT2D eigenvalue weighted by Gasteiger charge is -2.49. The maximum absolute atomic E-state index is 12.3. The molecule has 0 amide bonds. The molecule has 0 atom stereocenters. The standard InChI is InChI=1S/C15H19F2N3O/c1-10-4-3-5-11(6-10)15(13(19)20(2)9-18)7-12(8-15)21-14(16)17/h3-6,9,12,14,18-19H,7-8H2,1-2H3. The smallest absolute Gasteiger partial charge is 0.324 e. The Bertz CT molecular complexity index is 541. The Morgan fingerprint density at radius 1 is 1.48 bits per heavy atom. The van der Waals surface area contributed by atoms with Crippen molar-refractivity contribution < 1.29 is 13.5 Å². The van der Waals surface area contributed by atoms with Crippen LogP contribution in [0.4, 0.5) is 8.78 Å². The van der Waals surface area contributed by atoms with Crippen LogP contribution in [0.25, 0.3) is 0 Å². The fourth-order valence-electron chi connectivity index (χ4n) is 2.87. The van der Waals surface area contributed by atoms with Crippen molar-refractivity contribution in [2.24, 2.45) is 0 Å². The number of alkyl halides is 2. The van der Waals surface area contributed by atoms with E-state index in [0.717, 1.165) is 17.5 Å². The summed E-state index contributed by atoms with van der Waals surface area (Å²) in [5.74, 6) is 0.234. The lowest BCUT2D eigenvalue weighted by atomic mass is 9.61. The van der Waals surface area contributed by atoms with Gasteiger partial charge in [-0.3, -0.25) is 10.8 Å². The zero-order valence-corrected chi connectivity index (χ0v) is 12.1. The van der Waals surface area contributed by atoms with Crippen LogP contribution >= 0.6 is 0 Å². The molecule has 0 saturated heterocycles. The number of nitrogens with one attached hydrogen (secondary N) is 2. The molecule has 0 unspecified atom stereocenters. The Labute approximate surface area is 122 Å². The predicted octanol–water partition coefficient (Wildman–Crippen LogP) is 3.15. The van der Waals surface area contributed by atoms with Crippen molar-refractivity contribution in [3.8, 4) is 0 Å². The molecule has 0 radical (unpaired) electrons. The number of halogens is 2. The summed E-state index contributed by atoms with van der Waals surface area (Å²) in [5, 5.41) is 15.6. The topological polar surface area (TPSA) is 60.2 Å². The average molecular weight is 295 g/mol. The summed E-state index contributed by atoms with van der Waals surface area (Å²) in [4.78, 5) is 1.40. The van der Waals surface area contributed by atoms with Crippen molar-refractivity contribution in [2.45, 2.75) is 37.9 Å². The van der Waals surface area contributed by atoms with Gasteiger partial charge >= 0.3 is 6.61 Å². The van der Waals surface area contributed by atoms with Gasteiger partial charge in [0.2, 0.25) is 0 Å². The molecule has 2 rings (SSSR count). The summed E-state index contributed by atoms with van der Waals surface area (Å²) >= 11 is 0. The molecule has 0 spiro atoms. The maximum Gasteiger partial charge on any atom is 0.345 e. The van der Waals surface area contributed by atoms with Gasteiger partial charge in [-0.2, -0.15) is 8.78 Å². The first kappa shape index (κ1) is 15.6. The minimum atomic E-state index is -2.79. The molecule has 1 fully saturated rings. The number of amidine groups is 1. The maximum atomic E-state index is 12.3.